The van der Waals surface area contributed by atoms with Gasteiger partial charge in [-0.3, -0.25) is 4.79 Å². The number of amides is 1. The van der Waals surface area contributed by atoms with Crippen LogP contribution in [0.4, 0.5) is 20.3 Å². The first kappa shape index (κ1) is 20.7. The predicted octanol–water partition coefficient (Wildman–Crippen LogP) is 2.44. The summed E-state index contributed by atoms with van der Waals surface area (Å²) in [5.41, 5.74) is 0.120. The first-order valence-electron chi connectivity index (χ1n) is 8.23. The van der Waals surface area contributed by atoms with Gasteiger partial charge in [-0.25, -0.2) is 22.2 Å². The highest BCUT2D eigenvalue weighted by molar-refractivity contribution is 7.89. The highest BCUT2D eigenvalue weighted by Crippen LogP contribution is 2.16. The van der Waals surface area contributed by atoms with Crippen molar-refractivity contribution >= 4 is 27.4 Å². The number of nitrogens with zero attached hydrogens (tertiary/aromatic N) is 2. The molecule has 0 saturated carbocycles. The molecule has 10 heteroatoms. The van der Waals surface area contributed by atoms with Gasteiger partial charge in [-0.1, -0.05) is 13.8 Å². The van der Waals surface area contributed by atoms with Crippen LogP contribution in [0.2, 0.25) is 0 Å². The Morgan fingerprint density at radius 1 is 1.11 bits per heavy atom. The lowest BCUT2D eigenvalue weighted by atomic mass is 10.3. The molecule has 1 heterocycles. The van der Waals surface area contributed by atoms with Gasteiger partial charge in [0.05, 0.1) is 6.54 Å². The van der Waals surface area contributed by atoms with Gasteiger partial charge in [0.1, 0.15) is 10.7 Å². The van der Waals surface area contributed by atoms with E-state index < -0.39 is 27.6 Å². The van der Waals surface area contributed by atoms with E-state index in [-0.39, 0.29) is 17.1 Å². The van der Waals surface area contributed by atoms with Gasteiger partial charge in [-0.2, -0.15) is 4.31 Å². The van der Waals surface area contributed by atoms with E-state index in [0.29, 0.717) is 18.9 Å². The van der Waals surface area contributed by atoms with Crippen molar-refractivity contribution in [2.45, 2.75) is 18.7 Å². The number of nitrogens with one attached hydrogen (secondary N) is 2. The number of carbonyl (C=O) groups excluding carboxylic acids is 1. The molecule has 2 aromatic rings. The number of pyridine rings is 1. The molecule has 1 amide bonds. The number of hydrogen-bond donors (Lipinski definition) is 2. The number of carbonyl (C=O) groups is 1. The summed E-state index contributed by atoms with van der Waals surface area (Å²) < 4.78 is 52.0. The number of sulfonamides is 1. The Bertz CT molecular complexity index is 901. The van der Waals surface area contributed by atoms with Gasteiger partial charge in [-0.05, 0) is 24.3 Å². The molecule has 0 aliphatic heterocycles. The molecular weight excluding hydrogens is 378 g/mol. The third-order valence-electron chi connectivity index (χ3n) is 3.71. The molecule has 2 N–H and O–H groups in total. The van der Waals surface area contributed by atoms with Crippen molar-refractivity contribution in [3.05, 3.63) is 48.2 Å². The minimum Gasteiger partial charge on any atom is -0.361 e. The maximum Gasteiger partial charge on any atom is 0.244 e. The molecule has 0 radical (unpaired) electrons. The Balaban J connectivity index is 1.96. The van der Waals surface area contributed by atoms with Gasteiger partial charge < -0.3 is 10.6 Å². The molecule has 0 spiro atoms. The van der Waals surface area contributed by atoms with E-state index in [1.165, 1.54) is 28.7 Å². The van der Waals surface area contributed by atoms with Gasteiger partial charge in [0.2, 0.25) is 15.9 Å². The number of hydrogen-bond acceptors (Lipinski definition) is 5. The Morgan fingerprint density at radius 3 is 2.37 bits per heavy atom. The molecule has 0 atom stereocenters. The Kier molecular flexibility index (Phi) is 6.81. The summed E-state index contributed by atoms with van der Waals surface area (Å²) >= 11 is 0. The molecule has 0 aliphatic carbocycles. The first-order chi connectivity index (χ1) is 12.8. The molecule has 2 rings (SSSR count). The van der Waals surface area contributed by atoms with Crippen molar-refractivity contribution in [3.8, 4) is 0 Å². The highest BCUT2D eigenvalue weighted by atomic mass is 32.2. The standard InChI is InChI=1S/C17H20F2N4O3S/c1-3-23(4-2)27(25,26)13-6-8-16(20-10-13)21-11-17(24)22-12-5-7-14(18)15(19)9-12/h5-10H,3-4,11H2,1-2H3,(H,20,21)(H,22,24). The fourth-order valence-corrected chi connectivity index (χ4v) is 3.70. The highest BCUT2D eigenvalue weighted by Gasteiger charge is 2.21. The fourth-order valence-electron chi connectivity index (χ4n) is 2.30. The zero-order valence-electron chi connectivity index (χ0n) is 14.9. The SMILES string of the molecule is CCN(CC)S(=O)(=O)c1ccc(NCC(=O)Nc2ccc(F)c(F)c2)nc1. The molecule has 7 nitrogen and oxygen atoms in total. The Hall–Kier alpha value is -2.59. The molecule has 0 bridgehead atoms. The van der Waals surface area contributed by atoms with Crippen molar-refractivity contribution < 1.29 is 22.0 Å². The number of halogens is 2. The van der Waals surface area contributed by atoms with Gasteiger partial charge in [0, 0.05) is 31.0 Å². The lowest BCUT2D eigenvalue weighted by Crippen LogP contribution is -2.30. The second kappa shape index (κ2) is 8.87. The number of anilines is 2. The van der Waals surface area contributed by atoms with Crippen molar-refractivity contribution in [2.75, 3.05) is 30.3 Å². The van der Waals surface area contributed by atoms with E-state index in [0.717, 1.165) is 12.1 Å². The zero-order valence-corrected chi connectivity index (χ0v) is 15.7. The summed E-state index contributed by atoms with van der Waals surface area (Å²) in [6.45, 7) is 4.01. The number of rotatable bonds is 8. The van der Waals surface area contributed by atoms with Crippen LogP contribution in [-0.4, -0.2) is 43.2 Å². The minimum atomic E-state index is -3.60. The van der Waals surface area contributed by atoms with Crippen LogP contribution >= 0.6 is 0 Å². The largest absolute Gasteiger partial charge is 0.361 e. The zero-order chi connectivity index (χ0) is 20.0. The molecule has 0 saturated heterocycles. The second-order valence-corrected chi connectivity index (χ2v) is 7.44. The third kappa shape index (κ3) is 5.20. The molecule has 0 aliphatic rings. The van der Waals surface area contributed by atoms with Crippen molar-refractivity contribution in [2.24, 2.45) is 0 Å². The normalized spacial score (nSPS) is 11.4. The van der Waals surface area contributed by atoms with E-state index in [9.17, 15) is 22.0 Å². The van der Waals surface area contributed by atoms with Crippen LogP contribution in [-0.2, 0) is 14.8 Å². The van der Waals surface area contributed by atoms with E-state index in [1.807, 2.05) is 0 Å². The maximum absolute atomic E-state index is 13.1. The van der Waals surface area contributed by atoms with Crippen LogP contribution in [0.5, 0.6) is 0 Å². The third-order valence-corrected chi connectivity index (χ3v) is 5.75. The van der Waals surface area contributed by atoms with Gasteiger partial charge in [0.25, 0.3) is 0 Å². The molecule has 0 unspecified atom stereocenters. The smallest absolute Gasteiger partial charge is 0.244 e. The monoisotopic (exact) mass is 398 g/mol. The summed E-state index contributed by atoms with van der Waals surface area (Å²) in [6.07, 6.45) is 1.21. The van der Waals surface area contributed by atoms with Crippen molar-refractivity contribution in [1.82, 2.24) is 9.29 Å². The Labute approximate surface area is 156 Å². The van der Waals surface area contributed by atoms with Crippen LogP contribution in [0, 0.1) is 11.6 Å². The van der Waals surface area contributed by atoms with Gasteiger partial charge in [0.15, 0.2) is 11.6 Å². The summed E-state index contributed by atoms with van der Waals surface area (Å²) in [5, 5.41) is 5.13. The summed E-state index contributed by atoms with van der Waals surface area (Å²) in [5.74, 6) is -2.26. The lowest BCUT2D eigenvalue weighted by molar-refractivity contribution is -0.114. The van der Waals surface area contributed by atoms with Gasteiger partial charge in [-0.15, -0.1) is 0 Å². The second-order valence-electron chi connectivity index (χ2n) is 5.50. The Morgan fingerprint density at radius 2 is 1.81 bits per heavy atom. The van der Waals surface area contributed by atoms with Crippen molar-refractivity contribution in [3.63, 3.8) is 0 Å². The van der Waals surface area contributed by atoms with Gasteiger partial charge >= 0.3 is 0 Å². The molecule has 0 fully saturated rings. The minimum absolute atomic E-state index is 0.0583. The van der Waals surface area contributed by atoms with E-state index >= 15 is 0 Å². The molecule has 1 aromatic heterocycles. The predicted molar refractivity (Wildman–Crippen MR) is 97.8 cm³/mol. The van der Waals surface area contributed by atoms with Crippen LogP contribution in [0.1, 0.15) is 13.8 Å². The average molecular weight is 398 g/mol. The van der Waals surface area contributed by atoms with Crippen LogP contribution in [0.15, 0.2) is 41.4 Å². The molecule has 146 valence electrons. The quantitative estimate of drug-likeness (QED) is 0.713. The lowest BCUT2D eigenvalue weighted by Gasteiger charge is -2.18. The molecular formula is C17H20F2N4O3S. The number of aromatic nitrogens is 1. The van der Waals surface area contributed by atoms with Crippen LogP contribution < -0.4 is 10.6 Å². The first-order valence-corrected chi connectivity index (χ1v) is 9.67. The van der Waals surface area contributed by atoms with E-state index in [2.05, 4.69) is 15.6 Å². The van der Waals surface area contributed by atoms with E-state index in [4.69, 9.17) is 0 Å². The van der Waals surface area contributed by atoms with Crippen LogP contribution in [0.3, 0.4) is 0 Å². The molecule has 27 heavy (non-hydrogen) atoms. The topological polar surface area (TPSA) is 91.4 Å². The maximum atomic E-state index is 13.1. The average Bonchev–Trinajstić information content (AvgIpc) is 2.64. The van der Waals surface area contributed by atoms with Crippen LogP contribution in [0.25, 0.3) is 0 Å². The summed E-state index contributed by atoms with van der Waals surface area (Å²) in [7, 11) is -3.60. The van der Waals surface area contributed by atoms with E-state index in [1.54, 1.807) is 13.8 Å². The molecule has 1 aromatic carbocycles. The fraction of sp³-hybridized carbons (Fsp3) is 0.294. The summed E-state index contributed by atoms with van der Waals surface area (Å²) in [4.78, 5) is 15.9. The number of benzene rings is 1. The van der Waals surface area contributed by atoms with Crippen molar-refractivity contribution in [1.29, 1.82) is 0 Å². The summed E-state index contributed by atoms with van der Waals surface area (Å²) in [6, 6.07) is 5.87.